The molecule has 3 rings (SSSR count). The van der Waals surface area contributed by atoms with Gasteiger partial charge in [-0.1, -0.05) is 0 Å². The summed E-state index contributed by atoms with van der Waals surface area (Å²) >= 11 is 0. The number of aryl methyl sites for hydroxylation is 1. The van der Waals surface area contributed by atoms with Crippen LogP contribution >= 0.6 is 0 Å². The molecule has 2 aromatic heterocycles. The summed E-state index contributed by atoms with van der Waals surface area (Å²) in [4.78, 5) is 23.4. The van der Waals surface area contributed by atoms with Crippen molar-refractivity contribution in [2.24, 2.45) is 0 Å². The summed E-state index contributed by atoms with van der Waals surface area (Å²) < 4.78 is 7.58. The Balaban J connectivity index is 1.80. The fraction of sp³-hybridized carbons (Fsp3) is 0.611. The van der Waals surface area contributed by atoms with Crippen molar-refractivity contribution in [3.05, 3.63) is 29.8 Å². The molecule has 1 fully saturated rings. The smallest absolute Gasteiger partial charge is 0.410 e. The predicted molar refractivity (Wildman–Crippen MR) is 92.0 cm³/mol. The summed E-state index contributed by atoms with van der Waals surface area (Å²) in [5, 5.41) is 0. The molecule has 130 valence electrons. The maximum atomic E-state index is 12.5. The van der Waals surface area contributed by atoms with Gasteiger partial charge < -0.3 is 9.64 Å². The molecule has 2 aromatic rings. The highest BCUT2D eigenvalue weighted by Gasteiger charge is 2.31. The standard InChI is InChI=1S/C18H26N4O2/c1-13-15(20-16-19-9-7-11-21(13)16)12-14-8-5-6-10-22(14)17(23)24-18(2,3)4/h7,9,11,14H,5-6,8,10,12H2,1-4H3/t14-/m0/s1. The molecule has 0 unspecified atom stereocenters. The van der Waals surface area contributed by atoms with Crippen molar-refractivity contribution in [1.29, 1.82) is 0 Å². The number of fused-ring (bicyclic) bond motifs is 1. The van der Waals surface area contributed by atoms with E-state index in [9.17, 15) is 4.79 Å². The van der Waals surface area contributed by atoms with Crippen molar-refractivity contribution < 1.29 is 9.53 Å². The second kappa shape index (κ2) is 6.42. The number of ether oxygens (including phenoxy) is 1. The monoisotopic (exact) mass is 330 g/mol. The predicted octanol–water partition coefficient (Wildman–Crippen LogP) is 3.37. The van der Waals surface area contributed by atoms with Crippen molar-refractivity contribution in [1.82, 2.24) is 19.3 Å². The SMILES string of the molecule is Cc1c(C[C@@H]2CCCCN2C(=O)OC(C)(C)C)nc2ncccn12. The van der Waals surface area contributed by atoms with Gasteiger partial charge in [-0.3, -0.25) is 4.40 Å². The lowest BCUT2D eigenvalue weighted by Crippen LogP contribution is -2.47. The van der Waals surface area contributed by atoms with Gasteiger partial charge in [0.1, 0.15) is 5.60 Å². The molecule has 6 heteroatoms. The van der Waals surface area contributed by atoms with E-state index in [2.05, 4.69) is 16.9 Å². The van der Waals surface area contributed by atoms with Crippen LogP contribution in [0.5, 0.6) is 0 Å². The lowest BCUT2D eigenvalue weighted by Gasteiger charge is -2.36. The number of piperidine rings is 1. The summed E-state index contributed by atoms with van der Waals surface area (Å²) in [6.07, 6.45) is 7.40. The minimum absolute atomic E-state index is 0.136. The molecule has 0 saturated carbocycles. The summed E-state index contributed by atoms with van der Waals surface area (Å²) in [7, 11) is 0. The van der Waals surface area contributed by atoms with Crippen LogP contribution in [0.15, 0.2) is 18.5 Å². The Kier molecular flexibility index (Phi) is 4.47. The molecule has 1 atom stereocenters. The molecular weight excluding hydrogens is 304 g/mol. The van der Waals surface area contributed by atoms with E-state index in [1.165, 1.54) is 0 Å². The van der Waals surface area contributed by atoms with Crippen LogP contribution in [0.2, 0.25) is 0 Å². The van der Waals surface area contributed by atoms with Gasteiger partial charge in [-0.2, -0.15) is 0 Å². The van der Waals surface area contributed by atoms with E-state index in [0.29, 0.717) is 5.78 Å². The average molecular weight is 330 g/mol. The number of hydrogen-bond acceptors (Lipinski definition) is 4. The van der Waals surface area contributed by atoms with Crippen LogP contribution in [0.4, 0.5) is 4.79 Å². The molecular formula is C18H26N4O2. The van der Waals surface area contributed by atoms with Crippen LogP contribution in [0, 0.1) is 6.92 Å². The molecule has 0 bridgehead atoms. The third kappa shape index (κ3) is 3.52. The fourth-order valence-electron chi connectivity index (χ4n) is 3.24. The van der Waals surface area contributed by atoms with Gasteiger partial charge in [0.25, 0.3) is 0 Å². The highest BCUT2D eigenvalue weighted by Crippen LogP contribution is 2.24. The first-order chi connectivity index (χ1) is 11.3. The number of amides is 1. The molecule has 0 N–H and O–H groups in total. The van der Waals surface area contributed by atoms with Gasteiger partial charge in [0.2, 0.25) is 5.78 Å². The van der Waals surface area contributed by atoms with E-state index in [4.69, 9.17) is 4.74 Å². The largest absolute Gasteiger partial charge is 0.444 e. The molecule has 1 aliphatic rings. The molecule has 0 aliphatic carbocycles. The van der Waals surface area contributed by atoms with Gasteiger partial charge in [0, 0.05) is 37.1 Å². The topological polar surface area (TPSA) is 59.7 Å². The maximum Gasteiger partial charge on any atom is 0.410 e. The molecule has 24 heavy (non-hydrogen) atoms. The Labute approximate surface area is 142 Å². The zero-order chi connectivity index (χ0) is 17.3. The Morgan fingerprint density at radius 3 is 2.88 bits per heavy atom. The molecule has 1 amide bonds. The van der Waals surface area contributed by atoms with E-state index in [1.54, 1.807) is 6.20 Å². The van der Waals surface area contributed by atoms with Gasteiger partial charge in [-0.05, 0) is 53.0 Å². The summed E-state index contributed by atoms with van der Waals surface area (Å²) in [5.41, 5.74) is 1.63. The Hall–Kier alpha value is -2.11. The Morgan fingerprint density at radius 2 is 2.17 bits per heavy atom. The summed E-state index contributed by atoms with van der Waals surface area (Å²) in [6.45, 7) is 8.52. The van der Waals surface area contributed by atoms with E-state index in [1.807, 2.05) is 42.3 Å². The number of likely N-dealkylation sites (tertiary alicyclic amines) is 1. The molecule has 1 saturated heterocycles. The molecule has 3 heterocycles. The third-order valence-electron chi connectivity index (χ3n) is 4.42. The lowest BCUT2D eigenvalue weighted by molar-refractivity contribution is 0.00984. The van der Waals surface area contributed by atoms with Gasteiger partial charge in [0.05, 0.1) is 5.69 Å². The van der Waals surface area contributed by atoms with Crippen LogP contribution in [0.25, 0.3) is 5.78 Å². The first-order valence-corrected chi connectivity index (χ1v) is 8.63. The van der Waals surface area contributed by atoms with Gasteiger partial charge in [0.15, 0.2) is 0 Å². The van der Waals surface area contributed by atoms with Gasteiger partial charge in [-0.15, -0.1) is 0 Å². The zero-order valence-electron chi connectivity index (χ0n) is 15.0. The number of carbonyl (C=O) groups excluding carboxylic acids is 1. The quantitative estimate of drug-likeness (QED) is 0.847. The normalized spacial score (nSPS) is 18.8. The van der Waals surface area contributed by atoms with Crippen LogP contribution in [-0.4, -0.2) is 43.5 Å². The average Bonchev–Trinajstić information content (AvgIpc) is 2.83. The minimum atomic E-state index is -0.470. The minimum Gasteiger partial charge on any atom is -0.444 e. The first kappa shape index (κ1) is 16.7. The van der Waals surface area contributed by atoms with E-state index < -0.39 is 5.60 Å². The summed E-state index contributed by atoms with van der Waals surface area (Å²) in [5.74, 6) is 0.713. The van der Waals surface area contributed by atoms with Crippen LogP contribution in [-0.2, 0) is 11.2 Å². The molecule has 1 aliphatic heterocycles. The number of aromatic nitrogens is 3. The second-order valence-corrected chi connectivity index (χ2v) is 7.46. The van der Waals surface area contributed by atoms with Crippen LogP contribution in [0.1, 0.15) is 51.4 Å². The number of nitrogens with zero attached hydrogens (tertiary/aromatic N) is 4. The van der Waals surface area contributed by atoms with Gasteiger partial charge >= 0.3 is 6.09 Å². The van der Waals surface area contributed by atoms with Gasteiger partial charge in [-0.25, -0.2) is 14.8 Å². The third-order valence-corrected chi connectivity index (χ3v) is 4.42. The lowest BCUT2D eigenvalue weighted by atomic mass is 9.98. The van der Waals surface area contributed by atoms with Crippen LogP contribution in [0.3, 0.4) is 0 Å². The second-order valence-electron chi connectivity index (χ2n) is 7.46. The molecule has 0 radical (unpaired) electrons. The van der Waals surface area contributed by atoms with Crippen LogP contribution < -0.4 is 0 Å². The maximum absolute atomic E-state index is 12.5. The number of rotatable bonds is 2. The van der Waals surface area contributed by atoms with Crippen molar-refractivity contribution in [2.45, 2.75) is 65.0 Å². The number of imidazole rings is 1. The molecule has 0 spiro atoms. The number of hydrogen-bond donors (Lipinski definition) is 0. The highest BCUT2D eigenvalue weighted by molar-refractivity contribution is 5.68. The fourth-order valence-corrected chi connectivity index (χ4v) is 3.24. The van der Waals surface area contributed by atoms with E-state index in [0.717, 1.165) is 43.6 Å². The van der Waals surface area contributed by atoms with Crippen molar-refractivity contribution >= 4 is 11.9 Å². The molecule has 0 aromatic carbocycles. The highest BCUT2D eigenvalue weighted by atomic mass is 16.6. The van der Waals surface area contributed by atoms with Crippen molar-refractivity contribution in [3.63, 3.8) is 0 Å². The zero-order valence-corrected chi connectivity index (χ0v) is 15.0. The number of carbonyl (C=O) groups is 1. The Morgan fingerprint density at radius 1 is 1.38 bits per heavy atom. The Bertz CT molecular complexity index is 732. The molecule has 6 nitrogen and oxygen atoms in total. The first-order valence-electron chi connectivity index (χ1n) is 8.63. The van der Waals surface area contributed by atoms with E-state index in [-0.39, 0.29) is 12.1 Å². The summed E-state index contributed by atoms with van der Waals surface area (Å²) in [6, 6.07) is 2.04. The van der Waals surface area contributed by atoms with Crippen molar-refractivity contribution in [2.75, 3.05) is 6.54 Å². The van der Waals surface area contributed by atoms with Crippen molar-refractivity contribution in [3.8, 4) is 0 Å². The van der Waals surface area contributed by atoms with E-state index >= 15 is 0 Å².